The Labute approximate surface area is 58.1 Å². The molecule has 0 aromatic rings. The average Bonchev–Trinajstić information content (AvgIpc) is 2.00. The van der Waals surface area contributed by atoms with E-state index in [1.54, 1.807) is 0 Å². The monoisotopic (exact) mass is 149 g/mol. The van der Waals surface area contributed by atoms with Crippen molar-refractivity contribution in [3.63, 3.8) is 0 Å². The van der Waals surface area contributed by atoms with E-state index in [4.69, 9.17) is 21.1 Å². The molecule has 0 saturated heterocycles. The van der Waals surface area contributed by atoms with Gasteiger partial charge in [-0.2, -0.15) is 0 Å². The number of ketones is 1. The molecule has 5 N–H and O–H groups in total. The molecule has 0 rings (SSSR count). The second-order valence-corrected chi connectivity index (χ2v) is 1.87. The molecular formula is C5H11NO4. The van der Waals surface area contributed by atoms with Gasteiger partial charge in [0.15, 0.2) is 5.78 Å². The van der Waals surface area contributed by atoms with Crippen molar-refractivity contribution in [3.05, 3.63) is 0 Å². The van der Waals surface area contributed by atoms with Gasteiger partial charge in [0.2, 0.25) is 0 Å². The second kappa shape index (κ2) is 4.35. The van der Waals surface area contributed by atoms with Crippen molar-refractivity contribution in [1.82, 2.24) is 0 Å². The summed E-state index contributed by atoms with van der Waals surface area (Å²) in [6.45, 7) is -0.981. The largest absolute Gasteiger partial charge is 0.389 e. The van der Waals surface area contributed by atoms with E-state index in [2.05, 4.69) is 0 Å². The van der Waals surface area contributed by atoms with Crippen molar-refractivity contribution in [2.24, 2.45) is 5.73 Å². The number of rotatable bonds is 4. The van der Waals surface area contributed by atoms with Crippen molar-refractivity contribution >= 4 is 5.78 Å². The fourth-order valence-corrected chi connectivity index (χ4v) is 0.437. The molecule has 2 atom stereocenters. The van der Waals surface area contributed by atoms with Gasteiger partial charge in [-0.05, 0) is 0 Å². The fraction of sp³-hybridized carbons (Fsp3) is 0.800. The van der Waals surface area contributed by atoms with E-state index in [0.717, 1.165) is 0 Å². The lowest BCUT2D eigenvalue weighted by molar-refractivity contribution is -0.135. The number of carbonyl (C=O) groups excluding carboxylic acids is 1. The molecule has 0 heterocycles. The summed E-state index contributed by atoms with van der Waals surface area (Å²) in [7, 11) is 0. The molecule has 10 heavy (non-hydrogen) atoms. The number of hydrogen-bond donors (Lipinski definition) is 4. The van der Waals surface area contributed by atoms with E-state index >= 15 is 0 Å². The lowest BCUT2D eigenvalue weighted by Gasteiger charge is -2.12. The maximum atomic E-state index is 10.4. The van der Waals surface area contributed by atoms with Gasteiger partial charge >= 0.3 is 0 Å². The van der Waals surface area contributed by atoms with Gasteiger partial charge in [-0.25, -0.2) is 0 Å². The third kappa shape index (κ3) is 2.40. The third-order valence-corrected chi connectivity index (χ3v) is 1.09. The third-order valence-electron chi connectivity index (χ3n) is 1.09. The topological polar surface area (TPSA) is 104 Å². The minimum atomic E-state index is -1.56. The summed E-state index contributed by atoms with van der Waals surface area (Å²) in [5, 5.41) is 25.7. The summed E-state index contributed by atoms with van der Waals surface area (Å²) >= 11 is 0. The van der Waals surface area contributed by atoms with E-state index in [9.17, 15) is 4.79 Å². The van der Waals surface area contributed by atoms with E-state index in [-0.39, 0.29) is 6.54 Å². The molecule has 0 fully saturated rings. The molecule has 60 valence electrons. The van der Waals surface area contributed by atoms with Gasteiger partial charge in [0.1, 0.15) is 12.7 Å². The quantitative estimate of drug-likeness (QED) is 0.346. The van der Waals surface area contributed by atoms with Crippen LogP contribution in [0.15, 0.2) is 0 Å². The van der Waals surface area contributed by atoms with Crippen LogP contribution in [0.2, 0.25) is 0 Å². The Bertz CT molecular complexity index is 116. The van der Waals surface area contributed by atoms with Crippen molar-refractivity contribution in [3.8, 4) is 0 Å². The zero-order chi connectivity index (χ0) is 8.15. The maximum Gasteiger partial charge on any atom is 0.189 e. The molecule has 0 aliphatic rings. The van der Waals surface area contributed by atoms with Crippen LogP contribution in [0.5, 0.6) is 0 Å². The summed E-state index contributed by atoms with van der Waals surface area (Å²) in [6, 6.07) is 0. The van der Waals surface area contributed by atoms with Crippen LogP contribution in [-0.4, -0.2) is 46.5 Å². The van der Waals surface area contributed by atoms with Crippen molar-refractivity contribution < 1.29 is 20.1 Å². The summed E-state index contributed by atoms with van der Waals surface area (Å²) in [6.07, 6.45) is -2.84. The predicted molar refractivity (Wildman–Crippen MR) is 33.2 cm³/mol. The van der Waals surface area contributed by atoms with E-state index in [1.165, 1.54) is 0 Å². The van der Waals surface area contributed by atoms with Gasteiger partial charge in [0.05, 0.1) is 6.10 Å². The van der Waals surface area contributed by atoms with Crippen LogP contribution in [0.1, 0.15) is 0 Å². The van der Waals surface area contributed by atoms with Crippen LogP contribution in [0.25, 0.3) is 0 Å². The highest BCUT2D eigenvalue weighted by molar-refractivity contribution is 5.84. The first-order valence-electron chi connectivity index (χ1n) is 2.83. The summed E-state index contributed by atoms with van der Waals surface area (Å²) in [5.41, 5.74) is 4.92. The smallest absolute Gasteiger partial charge is 0.189 e. The Morgan fingerprint density at radius 3 is 2.30 bits per heavy atom. The minimum absolute atomic E-state index is 0.201. The molecule has 0 amide bonds. The maximum absolute atomic E-state index is 10.4. The van der Waals surface area contributed by atoms with E-state index < -0.39 is 24.6 Å². The molecule has 5 nitrogen and oxygen atoms in total. The number of Topliss-reactive ketones (excluding diaryl/α,β-unsaturated/α-hetero) is 1. The Kier molecular flexibility index (Phi) is 4.13. The molecule has 0 aromatic heterocycles. The highest BCUT2D eigenvalue weighted by atomic mass is 16.3. The van der Waals surface area contributed by atoms with Gasteiger partial charge in [-0.3, -0.25) is 4.79 Å². The molecule has 0 aromatic carbocycles. The Hall–Kier alpha value is -0.490. The minimum Gasteiger partial charge on any atom is -0.389 e. The van der Waals surface area contributed by atoms with E-state index in [1.807, 2.05) is 0 Å². The van der Waals surface area contributed by atoms with Crippen molar-refractivity contribution in [2.75, 3.05) is 13.2 Å². The standard InChI is InChI=1S/C5H11NO4/c6-1-3(8)5(10)4(9)2-7/h3,5,7-8,10H,1-2,6H2/t3-,5-/m1/s1. The van der Waals surface area contributed by atoms with Crippen LogP contribution in [0.4, 0.5) is 0 Å². The fourth-order valence-electron chi connectivity index (χ4n) is 0.437. The average molecular weight is 149 g/mol. The van der Waals surface area contributed by atoms with E-state index in [0.29, 0.717) is 0 Å². The molecule has 0 radical (unpaired) electrons. The zero-order valence-electron chi connectivity index (χ0n) is 5.40. The highest BCUT2D eigenvalue weighted by Crippen LogP contribution is 1.91. The van der Waals surface area contributed by atoms with Crippen LogP contribution in [-0.2, 0) is 4.79 Å². The molecule has 5 heteroatoms. The Morgan fingerprint density at radius 2 is 2.00 bits per heavy atom. The van der Waals surface area contributed by atoms with Gasteiger partial charge in [0.25, 0.3) is 0 Å². The first-order chi connectivity index (χ1) is 4.63. The van der Waals surface area contributed by atoms with Crippen LogP contribution < -0.4 is 5.73 Å². The lowest BCUT2D eigenvalue weighted by Crippen LogP contribution is -2.40. The van der Waals surface area contributed by atoms with Gasteiger partial charge in [-0.1, -0.05) is 0 Å². The van der Waals surface area contributed by atoms with Crippen LogP contribution in [0.3, 0.4) is 0 Å². The zero-order valence-corrected chi connectivity index (χ0v) is 5.40. The van der Waals surface area contributed by atoms with Crippen LogP contribution >= 0.6 is 0 Å². The lowest BCUT2D eigenvalue weighted by atomic mass is 10.1. The number of carbonyl (C=O) groups is 1. The molecule has 0 aliphatic heterocycles. The highest BCUT2D eigenvalue weighted by Gasteiger charge is 2.21. The SMILES string of the molecule is NC[C@@H](O)[C@@H](O)C(=O)CO. The van der Waals surface area contributed by atoms with Gasteiger partial charge in [0, 0.05) is 6.54 Å². The first kappa shape index (κ1) is 9.51. The Balaban J connectivity index is 3.81. The van der Waals surface area contributed by atoms with Gasteiger partial charge in [-0.15, -0.1) is 0 Å². The molecule has 0 bridgehead atoms. The Morgan fingerprint density at radius 1 is 1.50 bits per heavy atom. The van der Waals surface area contributed by atoms with Crippen molar-refractivity contribution in [1.29, 1.82) is 0 Å². The number of hydrogen-bond acceptors (Lipinski definition) is 5. The predicted octanol–water partition coefficient (Wildman–Crippen LogP) is -2.77. The number of aliphatic hydroxyl groups is 3. The molecule has 0 aliphatic carbocycles. The second-order valence-electron chi connectivity index (χ2n) is 1.87. The molecule has 0 unspecified atom stereocenters. The summed E-state index contributed by atoms with van der Waals surface area (Å²) in [4.78, 5) is 10.4. The molecular weight excluding hydrogens is 138 g/mol. The molecule has 0 saturated carbocycles. The number of aliphatic hydroxyl groups excluding tert-OH is 3. The van der Waals surface area contributed by atoms with Crippen molar-refractivity contribution in [2.45, 2.75) is 12.2 Å². The molecule has 0 spiro atoms. The summed E-state index contributed by atoms with van der Waals surface area (Å²) < 4.78 is 0. The van der Waals surface area contributed by atoms with Gasteiger partial charge < -0.3 is 21.1 Å². The summed E-state index contributed by atoms with van der Waals surface area (Å²) in [5.74, 6) is -0.821. The number of nitrogens with two attached hydrogens (primary N) is 1. The first-order valence-corrected chi connectivity index (χ1v) is 2.83. The van der Waals surface area contributed by atoms with Crippen LogP contribution in [0, 0.1) is 0 Å². The normalized spacial score (nSPS) is 16.4.